The van der Waals surface area contributed by atoms with E-state index in [-0.39, 0.29) is 24.1 Å². The second kappa shape index (κ2) is 8.19. The largest absolute Gasteiger partial charge is 0.493 e. The van der Waals surface area contributed by atoms with E-state index in [0.717, 1.165) is 31.4 Å². The van der Waals surface area contributed by atoms with E-state index in [2.05, 4.69) is 4.98 Å². The van der Waals surface area contributed by atoms with Gasteiger partial charge in [0.15, 0.2) is 11.5 Å². The molecule has 0 unspecified atom stereocenters. The van der Waals surface area contributed by atoms with E-state index >= 15 is 0 Å². The van der Waals surface area contributed by atoms with E-state index < -0.39 is 0 Å². The number of pyridine rings is 1. The molecule has 2 saturated heterocycles. The Balaban J connectivity index is 1.53. The van der Waals surface area contributed by atoms with Gasteiger partial charge in [0, 0.05) is 36.7 Å². The maximum atomic E-state index is 13.4. The minimum atomic E-state index is -0.00317. The minimum absolute atomic E-state index is 0.00317. The molecule has 2 bridgehead atoms. The number of methoxy groups -OCH3 is 3. The fraction of sp³-hybridized carbons (Fsp3) is 0.455. The van der Waals surface area contributed by atoms with Crippen LogP contribution in [-0.4, -0.2) is 55.3 Å². The Bertz CT molecular complexity index is 834. The number of aromatic nitrogens is 1. The van der Waals surface area contributed by atoms with Gasteiger partial charge in [-0.3, -0.25) is 9.78 Å². The Morgan fingerprint density at radius 1 is 1.03 bits per heavy atom. The van der Waals surface area contributed by atoms with Crippen LogP contribution in [0.3, 0.4) is 0 Å². The number of carbonyl (C=O) groups excluding carboxylic acids is 1. The summed E-state index contributed by atoms with van der Waals surface area (Å²) in [4.78, 5) is 19.5. The number of fused-ring (bicyclic) bond motifs is 2. The molecule has 0 spiro atoms. The molecule has 0 radical (unpaired) electrons. The molecule has 29 heavy (non-hydrogen) atoms. The van der Waals surface area contributed by atoms with Crippen molar-refractivity contribution in [2.75, 3.05) is 21.3 Å². The van der Waals surface area contributed by atoms with Crippen molar-refractivity contribution in [3.8, 4) is 23.0 Å². The first-order chi connectivity index (χ1) is 14.1. The zero-order chi connectivity index (χ0) is 20.4. The van der Waals surface area contributed by atoms with Gasteiger partial charge in [-0.2, -0.15) is 0 Å². The van der Waals surface area contributed by atoms with E-state index in [1.165, 1.54) is 0 Å². The number of rotatable bonds is 6. The topological polar surface area (TPSA) is 70.1 Å². The average Bonchev–Trinajstić information content (AvgIpc) is 3.03. The third-order valence-electron chi connectivity index (χ3n) is 5.77. The zero-order valence-electron chi connectivity index (χ0n) is 17.0. The molecule has 0 aliphatic carbocycles. The summed E-state index contributed by atoms with van der Waals surface area (Å²) in [7, 11) is 4.65. The summed E-state index contributed by atoms with van der Waals surface area (Å²) in [5.74, 6) is 2.23. The third kappa shape index (κ3) is 3.69. The average molecular weight is 398 g/mol. The Morgan fingerprint density at radius 3 is 2.21 bits per heavy atom. The van der Waals surface area contributed by atoms with Gasteiger partial charge in [0.05, 0.1) is 27.5 Å². The SMILES string of the molecule is COc1cc(C(=O)N2[C@H]3CC[C@H]2CC(Oc2cccnc2)C3)cc(OC)c1OC. The molecule has 1 amide bonds. The summed E-state index contributed by atoms with van der Waals surface area (Å²) in [5.41, 5.74) is 0.544. The van der Waals surface area contributed by atoms with Gasteiger partial charge < -0.3 is 23.8 Å². The van der Waals surface area contributed by atoms with Gasteiger partial charge in [0.1, 0.15) is 11.9 Å². The lowest BCUT2D eigenvalue weighted by Crippen LogP contribution is -2.49. The highest BCUT2D eigenvalue weighted by Gasteiger charge is 2.44. The molecule has 1 aromatic carbocycles. The Labute approximate surface area is 170 Å². The molecule has 0 N–H and O–H groups in total. The van der Waals surface area contributed by atoms with E-state index in [1.807, 2.05) is 17.0 Å². The van der Waals surface area contributed by atoms with Crippen molar-refractivity contribution in [2.24, 2.45) is 0 Å². The van der Waals surface area contributed by atoms with Crippen LogP contribution in [-0.2, 0) is 0 Å². The number of nitrogens with zero attached hydrogens (tertiary/aromatic N) is 2. The third-order valence-corrected chi connectivity index (χ3v) is 5.77. The normalized spacial score (nSPS) is 22.9. The highest BCUT2D eigenvalue weighted by molar-refractivity contribution is 5.96. The molecule has 3 heterocycles. The maximum absolute atomic E-state index is 13.4. The summed E-state index contributed by atoms with van der Waals surface area (Å²) in [6.07, 6.45) is 7.19. The molecule has 2 atom stereocenters. The highest BCUT2D eigenvalue weighted by atomic mass is 16.5. The number of amides is 1. The highest BCUT2D eigenvalue weighted by Crippen LogP contribution is 2.41. The smallest absolute Gasteiger partial charge is 0.254 e. The lowest BCUT2D eigenvalue weighted by atomic mass is 9.98. The van der Waals surface area contributed by atoms with Crippen molar-refractivity contribution < 1.29 is 23.7 Å². The van der Waals surface area contributed by atoms with Crippen LogP contribution >= 0.6 is 0 Å². The van der Waals surface area contributed by atoms with Crippen molar-refractivity contribution in [3.63, 3.8) is 0 Å². The van der Waals surface area contributed by atoms with Crippen molar-refractivity contribution in [1.29, 1.82) is 0 Å². The van der Waals surface area contributed by atoms with Crippen LogP contribution < -0.4 is 18.9 Å². The lowest BCUT2D eigenvalue weighted by Gasteiger charge is -2.39. The number of ether oxygens (including phenoxy) is 4. The fourth-order valence-electron chi connectivity index (χ4n) is 4.52. The number of hydrogen-bond donors (Lipinski definition) is 0. The standard InChI is InChI=1S/C22H26N2O5/c1-26-19-9-14(10-20(27-2)21(19)28-3)22(25)24-15-6-7-16(24)12-18(11-15)29-17-5-4-8-23-13-17/h4-5,8-10,13,15-16,18H,6-7,11-12H2,1-3H3/t15-,16-/m0/s1. The van der Waals surface area contributed by atoms with E-state index in [4.69, 9.17) is 18.9 Å². The Kier molecular flexibility index (Phi) is 5.47. The molecule has 2 aliphatic heterocycles. The molecular weight excluding hydrogens is 372 g/mol. The summed E-state index contributed by atoms with van der Waals surface area (Å²) in [6.45, 7) is 0. The molecule has 4 rings (SSSR count). The van der Waals surface area contributed by atoms with E-state index in [0.29, 0.717) is 22.8 Å². The number of piperidine rings is 1. The van der Waals surface area contributed by atoms with Crippen molar-refractivity contribution in [2.45, 2.75) is 43.9 Å². The molecule has 7 heteroatoms. The van der Waals surface area contributed by atoms with Gasteiger partial charge >= 0.3 is 0 Å². The number of carbonyl (C=O) groups is 1. The minimum Gasteiger partial charge on any atom is -0.493 e. The monoisotopic (exact) mass is 398 g/mol. The second-order valence-corrected chi connectivity index (χ2v) is 7.41. The summed E-state index contributed by atoms with van der Waals surface area (Å²) < 4.78 is 22.3. The van der Waals surface area contributed by atoms with Gasteiger partial charge in [-0.25, -0.2) is 0 Å². The Morgan fingerprint density at radius 2 is 1.69 bits per heavy atom. The van der Waals surface area contributed by atoms with Gasteiger partial charge in [-0.05, 0) is 37.1 Å². The van der Waals surface area contributed by atoms with Crippen molar-refractivity contribution >= 4 is 5.91 Å². The first-order valence-corrected chi connectivity index (χ1v) is 9.84. The fourth-order valence-corrected chi connectivity index (χ4v) is 4.52. The molecule has 0 saturated carbocycles. The van der Waals surface area contributed by atoms with Crippen LogP contribution in [0.15, 0.2) is 36.7 Å². The summed E-state index contributed by atoms with van der Waals surface area (Å²) >= 11 is 0. The number of benzene rings is 1. The van der Waals surface area contributed by atoms with Gasteiger partial charge in [0.25, 0.3) is 5.91 Å². The first kappa shape index (κ1) is 19.4. The molecule has 2 aromatic rings. The van der Waals surface area contributed by atoms with Crippen LogP contribution in [0.2, 0.25) is 0 Å². The molecule has 7 nitrogen and oxygen atoms in total. The van der Waals surface area contributed by atoms with Crippen LogP contribution in [0.25, 0.3) is 0 Å². The molecule has 1 aromatic heterocycles. The molecule has 154 valence electrons. The van der Waals surface area contributed by atoms with Crippen LogP contribution in [0.1, 0.15) is 36.0 Å². The van der Waals surface area contributed by atoms with E-state index in [9.17, 15) is 4.79 Å². The maximum Gasteiger partial charge on any atom is 0.254 e. The van der Waals surface area contributed by atoms with Crippen LogP contribution in [0, 0.1) is 0 Å². The molecule has 2 aliphatic rings. The molecular formula is C22H26N2O5. The lowest BCUT2D eigenvalue weighted by molar-refractivity contribution is 0.0357. The van der Waals surface area contributed by atoms with Gasteiger partial charge in [-0.1, -0.05) is 0 Å². The first-order valence-electron chi connectivity index (χ1n) is 9.84. The molecule has 2 fully saturated rings. The van der Waals surface area contributed by atoms with Gasteiger partial charge in [0.2, 0.25) is 5.75 Å². The van der Waals surface area contributed by atoms with E-state index in [1.54, 1.807) is 45.9 Å². The zero-order valence-corrected chi connectivity index (χ0v) is 17.0. The van der Waals surface area contributed by atoms with Crippen LogP contribution in [0.4, 0.5) is 0 Å². The second-order valence-electron chi connectivity index (χ2n) is 7.41. The number of hydrogen-bond acceptors (Lipinski definition) is 6. The predicted octanol–water partition coefficient (Wildman–Crippen LogP) is 3.32. The Hall–Kier alpha value is -2.96. The quantitative estimate of drug-likeness (QED) is 0.744. The van der Waals surface area contributed by atoms with Crippen LogP contribution in [0.5, 0.6) is 23.0 Å². The van der Waals surface area contributed by atoms with Gasteiger partial charge in [-0.15, -0.1) is 0 Å². The summed E-state index contributed by atoms with van der Waals surface area (Å²) in [6, 6.07) is 7.57. The van der Waals surface area contributed by atoms with Crippen molar-refractivity contribution in [1.82, 2.24) is 9.88 Å². The summed E-state index contributed by atoms with van der Waals surface area (Å²) in [5, 5.41) is 0. The predicted molar refractivity (Wildman–Crippen MR) is 107 cm³/mol. The van der Waals surface area contributed by atoms with Crippen molar-refractivity contribution in [3.05, 3.63) is 42.2 Å².